The molecule has 2 N–H and O–H groups in total. The maximum absolute atomic E-state index is 5.33. The number of aryl methyl sites for hydroxylation is 1. The molecule has 19 heavy (non-hydrogen) atoms. The third-order valence-corrected chi connectivity index (χ3v) is 3.17. The van der Waals surface area contributed by atoms with Crippen LogP contribution in [-0.2, 0) is 0 Å². The van der Waals surface area contributed by atoms with Gasteiger partial charge in [-0.15, -0.1) is 0 Å². The lowest BCUT2D eigenvalue weighted by Crippen LogP contribution is -2.31. The summed E-state index contributed by atoms with van der Waals surface area (Å²) in [5, 5.41) is 7.10. The Labute approximate surface area is 119 Å². The van der Waals surface area contributed by atoms with Crippen molar-refractivity contribution in [2.75, 3.05) is 5.32 Å². The highest BCUT2D eigenvalue weighted by molar-refractivity contribution is 7.80. The average Bonchev–Trinajstić information content (AvgIpc) is 2.42. The van der Waals surface area contributed by atoms with Gasteiger partial charge < -0.3 is 10.6 Å². The Morgan fingerprint density at radius 1 is 1.16 bits per heavy atom. The molecular formula is C15H17N3S. The lowest BCUT2D eigenvalue weighted by molar-refractivity contribution is 0.721. The summed E-state index contributed by atoms with van der Waals surface area (Å²) in [7, 11) is 0. The summed E-state index contributed by atoms with van der Waals surface area (Å²) < 4.78 is 0. The molecule has 0 aliphatic rings. The molecule has 0 radical (unpaired) electrons. The number of nitrogens with zero attached hydrogens (tertiary/aromatic N) is 1. The minimum atomic E-state index is 0.145. The summed E-state index contributed by atoms with van der Waals surface area (Å²) in [5.41, 5.74) is 3.36. The fourth-order valence-electron chi connectivity index (χ4n) is 1.80. The number of benzene rings is 1. The third-order valence-electron chi connectivity index (χ3n) is 2.95. The number of nitrogens with one attached hydrogen (secondary N) is 2. The molecular weight excluding hydrogens is 254 g/mol. The van der Waals surface area contributed by atoms with Gasteiger partial charge in [0.2, 0.25) is 0 Å². The Kier molecular flexibility index (Phi) is 4.47. The van der Waals surface area contributed by atoms with E-state index in [2.05, 4.69) is 35.5 Å². The maximum Gasteiger partial charge on any atom is 0.171 e. The first-order valence-electron chi connectivity index (χ1n) is 6.20. The van der Waals surface area contributed by atoms with Crippen LogP contribution in [0.4, 0.5) is 5.69 Å². The number of thiocarbonyl (C=S) groups is 1. The smallest absolute Gasteiger partial charge is 0.171 e. The van der Waals surface area contributed by atoms with Crippen LogP contribution in [0, 0.1) is 6.92 Å². The van der Waals surface area contributed by atoms with Crippen LogP contribution < -0.4 is 10.6 Å². The highest BCUT2D eigenvalue weighted by atomic mass is 32.1. The van der Waals surface area contributed by atoms with Gasteiger partial charge in [0.1, 0.15) is 0 Å². The van der Waals surface area contributed by atoms with Crippen LogP contribution in [0.5, 0.6) is 0 Å². The maximum atomic E-state index is 5.33. The molecule has 98 valence electrons. The van der Waals surface area contributed by atoms with Crippen molar-refractivity contribution in [2.45, 2.75) is 19.9 Å². The summed E-state index contributed by atoms with van der Waals surface area (Å²) in [6.45, 7) is 4.12. The molecule has 0 aliphatic heterocycles. The van der Waals surface area contributed by atoms with Crippen molar-refractivity contribution in [3.05, 3.63) is 59.9 Å². The van der Waals surface area contributed by atoms with Crippen molar-refractivity contribution < 1.29 is 0 Å². The van der Waals surface area contributed by atoms with Crippen LogP contribution in [0.1, 0.15) is 24.1 Å². The Hall–Kier alpha value is -1.94. The third kappa shape index (κ3) is 3.76. The van der Waals surface area contributed by atoms with Crippen LogP contribution in [0.25, 0.3) is 0 Å². The molecule has 2 rings (SSSR count). The zero-order valence-corrected chi connectivity index (χ0v) is 11.9. The van der Waals surface area contributed by atoms with Crippen LogP contribution in [0.15, 0.2) is 48.8 Å². The van der Waals surface area contributed by atoms with Gasteiger partial charge in [-0.3, -0.25) is 4.98 Å². The number of anilines is 1. The van der Waals surface area contributed by atoms with Crippen molar-refractivity contribution in [1.29, 1.82) is 0 Å². The normalized spacial score (nSPS) is 11.7. The van der Waals surface area contributed by atoms with E-state index < -0.39 is 0 Å². The molecule has 2 aromatic rings. The number of hydrogen-bond acceptors (Lipinski definition) is 2. The first-order chi connectivity index (χ1) is 9.16. The number of aromatic nitrogens is 1. The Morgan fingerprint density at radius 3 is 2.53 bits per heavy atom. The van der Waals surface area contributed by atoms with Crippen LogP contribution in [0.3, 0.4) is 0 Å². The molecule has 1 atom stereocenters. The monoisotopic (exact) mass is 271 g/mol. The van der Waals surface area contributed by atoms with Gasteiger partial charge in [0, 0.05) is 18.1 Å². The molecule has 4 heteroatoms. The lowest BCUT2D eigenvalue weighted by atomic mass is 10.1. The molecule has 0 unspecified atom stereocenters. The summed E-state index contributed by atoms with van der Waals surface area (Å²) in [5.74, 6) is 0. The predicted octanol–water partition coefficient (Wildman–Crippen LogP) is 3.44. The average molecular weight is 271 g/mol. The van der Waals surface area contributed by atoms with Crippen molar-refractivity contribution in [1.82, 2.24) is 10.3 Å². The van der Waals surface area contributed by atoms with Crippen LogP contribution in [-0.4, -0.2) is 10.1 Å². The Balaban J connectivity index is 1.97. The zero-order valence-electron chi connectivity index (χ0n) is 11.1. The minimum Gasteiger partial charge on any atom is -0.356 e. The summed E-state index contributed by atoms with van der Waals surface area (Å²) >= 11 is 5.33. The molecule has 0 saturated carbocycles. The second-order valence-electron chi connectivity index (χ2n) is 4.42. The van der Waals surface area contributed by atoms with Gasteiger partial charge >= 0.3 is 0 Å². The predicted molar refractivity (Wildman–Crippen MR) is 83.2 cm³/mol. The van der Waals surface area contributed by atoms with E-state index in [4.69, 9.17) is 12.2 Å². The molecule has 0 fully saturated rings. The molecule has 0 spiro atoms. The Morgan fingerprint density at radius 2 is 1.84 bits per heavy atom. The van der Waals surface area contributed by atoms with Gasteiger partial charge in [-0.25, -0.2) is 0 Å². The van der Waals surface area contributed by atoms with Gasteiger partial charge in [-0.2, -0.15) is 0 Å². The van der Waals surface area contributed by atoms with Crippen molar-refractivity contribution in [3.63, 3.8) is 0 Å². The molecule has 3 nitrogen and oxygen atoms in total. The summed E-state index contributed by atoms with van der Waals surface area (Å²) in [6.07, 6.45) is 3.57. The van der Waals surface area contributed by atoms with Gasteiger partial charge in [-0.1, -0.05) is 18.2 Å². The number of para-hydroxylation sites is 1. The Bertz CT molecular complexity index is 554. The van der Waals surface area contributed by atoms with E-state index in [0.717, 1.165) is 11.3 Å². The van der Waals surface area contributed by atoms with E-state index in [1.807, 2.05) is 30.3 Å². The van der Waals surface area contributed by atoms with Gasteiger partial charge in [0.25, 0.3) is 0 Å². The lowest BCUT2D eigenvalue weighted by Gasteiger charge is -2.18. The van der Waals surface area contributed by atoms with E-state index in [1.54, 1.807) is 12.4 Å². The van der Waals surface area contributed by atoms with E-state index in [-0.39, 0.29) is 6.04 Å². The highest BCUT2D eigenvalue weighted by Crippen LogP contribution is 2.14. The number of pyridine rings is 1. The summed E-state index contributed by atoms with van der Waals surface area (Å²) in [4.78, 5) is 4.01. The van der Waals surface area contributed by atoms with Gasteiger partial charge in [0.15, 0.2) is 5.11 Å². The molecule has 0 bridgehead atoms. The fraction of sp³-hybridized carbons (Fsp3) is 0.200. The first kappa shape index (κ1) is 13.5. The van der Waals surface area contributed by atoms with Crippen molar-refractivity contribution >= 4 is 23.0 Å². The molecule has 1 aromatic heterocycles. The van der Waals surface area contributed by atoms with E-state index >= 15 is 0 Å². The van der Waals surface area contributed by atoms with Gasteiger partial charge in [-0.05, 0) is 55.4 Å². The van der Waals surface area contributed by atoms with E-state index in [0.29, 0.717) is 5.11 Å². The second kappa shape index (κ2) is 6.29. The molecule has 1 heterocycles. The van der Waals surface area contributed by atoms with Crippen LogP contribution >= 0.6 is 12.2 Å². The minimum absolute atomic E-state index is 0.145. The standard InChI is InChI=1S/C15H17N3S/c1-11-5-3-4-6-14(11)18-15(19)17-12(2)13-7-9-16-10-8-13/h3-10,12H,1-2H3,(H2,17,18,19)/t12-/m0/s1. The second-order valence-corrected chi connectivity index (χ2v) is 4.82. The zero-order chi connectivity index (χ0) is 13.7. The topological polar surface area (TPSA) is 37.0 Å². The first-order valence-corrected chi connectivity index (χ1v) is 6.60. The molecule has 1 aromatic carbocycles. The van der Waals surface area contributed by atoms with Crippen molar-refractivity contribution in [2.24, 2.45) is 0 Å². The number of hydrogen-bond donors (Lipinski definition) is 2. The van der Waals surface area contributed by atoms with Crippen molar-refractivity contribution in [3.8, 4) is 0 Å². The SMILES string of the molecule is Cc1ccccc1NC(=S)N[C@@H](C)c1ccncc1. The highest BCUT2D eigenvalue weighted by Gasteiger charge is 2.07. The molecule has 0 aliphatic carbocycles. The molecule has 0 saturated heterocycles. The number of rotatable bonds is 3. The van der Waals surface area contributed by atoms with E-state index in [1.165, 1.54) is 5.56 Å². The summed E-state index contributed by atoms with van der Waals surface area (Å²) in [6, 6.07) is 12.2. The molecule has 0 amide bonds. The van der Waals surface area contributed by atoms with Crippen LogP contribution in [0.2, 0.25) is 0 Å². The van der Waals surface area contributed by atoms with E-state index in [9.17, 15) is 0 Å². The quantitative estimate of drug-likeness (QED) is 0.839. The fourth-order valence-corrected chi connectivity index (χ4v) is 2.09. The largest absolute Gasteiger partial charge is 0.356 e. The van der Waals surface area contributed by atoms with Gasteiger partial charge in [0.05, 0.1) is 6.04 Å².